The molecule has 0 aromatic heterocycles. The highest BCUT2D eigenvalue weighted by molar-refractivity contribution is 8.93. The van der Waals surface area contributed by atoms with Crippen molar-refractivity contribution < 1.29 is 4.74 Å². The highest BCUT2D eigenvalue weighted by atomic mass is 79.9. The SMILES string of the molecule is Br.CC1CO1. The number of hydrogen-bond donors (Lipinski definition) is 0. The monoisotopic (exact) mass is 138 g/mol. The van der Waals surface area contributed by atoms with Gasteiger partial charge in [0.15, 0.2) is 0 Å². The van der Waals surface area contributed by atoms with E-state index in [4.69, 9.17) is 4.74 Å². The first-order valence-corrected chi connectivity index (χ1v) is 1.51. The van der Waals surface area contributed by atoms with Crippen LogP contribution < -0.4 is 0 Å². The Bertz CT molecular complexity index is 26.1. The van der Waals surface area contributed by atoms with Crippen molar-refractivity contribution in [3.05, 3.63) is 0 Å². The highest BCUT2D eigenvalue weighted by Gasteiger charge is 2.13. The Balaban J connectivity index is 0.000000160. The summed E-state index contributed by atoms with van der Waals surface area (Å²) in [6.45, 7) is 3.04. The van der Waals surface area contributed by atoms with Crippen molar-refractivity contribution in [3.8, 4) is 0 Å². The Labute approximate surface area is 42.1 Å². The molecule has 0 saturated carbocycles. The Hall–Kier alpha value is 0.440. The van der Waals surface area contributed by atoms with Crippen LogP contribution in [0.15, 0.2) is 0 Å². The summed E-state index contributed by atoms with van der Waals surface area (Å²) in [6.07, 6.45) is 0.583. The Morgan fingerprint density at radius 2 is 2.00 bits per heavy atom. The maximum Gasteiger partial charge on any atom is 0.0781 e. The fourth-order valence-corrected chi connectivity index (χ4v) is 0.0962. The van der Waals surface area contributed by atoms with Gasteiger partial charge in [-0.1, -0.05) is 0 Å². The van der Waals surface area contributed by atoms with Crippen molar-refractivity contribution in [1.82, 2.24) is 0 Å². The predicted octanol–water partition coefficient (Wildman–Crippen LogP) is 0.983. The maximum atomic E-state index is 4.71. The average molecular weight is 139 g/mol. The lowest BCUT2D eigenvalue weighted by molar-refractivity contribution is 0.423. The second-order valence-electron chi connectivity index (χ2n) is 1.14. The van der Waals surface area contributed by atoms with Crippen molar-refractivity contribution >= 4 is 17.0 Å². The largest absolute Gasteiger partial charge is 0.373 e. The fourth-order valence-electron chi connectivity index (χ4n) is 0.0962. The molecule has 0 aromatic rings. The second kappa shape index (κ2) is 1.78. The molecule has 1 nitrogen and oxygen atoms in total. The lowest BCUT2D eigenvalue weighted by Gasteiger charge is -1.50. The van der Waals surface area contributed by atoms with Crippen LogP contribution in [-0.2, 0) is 4.74 Å². The van der Waals surface area contributed by atoms with E-state index in [1.165, 1.54) is 0 Å². The zero-order valence-corrected chi connectivity index (χ0v) is 4.81. The van der Waals surface area contributed by atoms with Crippen LogP contribution in [0.4, 0.5) is 0 Å². The molecule has 1 atom stereocenters. The molecule has 1 unspecified atom stereocenters. The molecule has 0 aliphatic carbocycles. The summed E-state index contributed by atoms with van der Waals surface area (Å²) in [6, 6.07) is 0. The number of hydrogen-bond acceptors (Lipinski definition) is 1. The van der Waals surface area contributed by atoms with E-state index in [0.717, 1.165) is 6.61 Å². The van der Waals surface area contributed by atoms with Crippen LogP contribution in [0.3, 0.4) is 0 Å². The molecule has 0 aromatic carbocycles. The van der Waals surface area contributed by atoms with Gasteiger partial charge in [-0.3, -0.25) is 0 Å². The average Bonchev–Trinajstić information content (AvgIpc) is 1.75. The van der Waals surface area contributed by atoms with Gasteiger partial charge in [0, 0.05) is 0 Å². The molecule has 0 bridgehead atoms. The van der Waals surface area contributed by atoms with Crippen LogP contribution in [0.25, 0.3) is 0 Å². The van der Waals surface area contributed by atoms with E-state index in [9.17, 15) is 0 Å². The number of epoxide rings is 1. The summed E-state index contributed by atoms with van der Waals surface area (Å²) in [4.78, 5) is 0. The Morgan fingerprint density at radius 3 is 2.00 bits per heavy atom. The zero-order chi connectivity index (χ0) is 2.99. The van der Waals surface area contributed by atoms with Gasteiger partial charge in [0.2, 0.25) is 0 Å². The van der Waals surface area contributed by atoms with Crippen molar-refractivity contribution in [2.45, 2.75) is 13.0 Å². The van der Waals surface area contributed by atoms with Crippen LogP contribution >= 0.6 is 17.0 Å². The lowest BCUT2D eigenvalue weighted by Crippen LogP contribution is -1.60. The summed E-state index contributed by atoms with van der Waals surface area (Å²) < 4.78 is 4.71. The predicted molar refractivity (Wildman–Crippen MR) is 25.7 cm³/mol. The number of halogens is 1. The third-order valence-corrected chi connectivity index (χ3v) is 0.500. The van der Waals surface area contributed by atoms with Crippen LogP contribution in [0.5, 0.6) is 0 Å². The zero-order valence-electron chi connectivity index (χ0n) is 3.10. The molecule has 0 N–H and O–H groups in total. The molecule has 0 radical (unpaired) electrons. The van der Waals surface area contributed by atoms with Gasteiger partial charge < -0.3 is 4.74 Å². The van der Waals surface area contributed by atoms with Crippen LogP contribution in [0.2, 0.25) is 0 Å². The van der Waals surface area contributed by atoms with Gasteiger partial charge in [-0.2, -0.15) is 0 Å². The molecule has 5 heavy (non-hydrogen) atoms. The van der Waals surface area contributed by atoms with E-state index >= 15 is 0 Å². The van der Waals surface area contributed by atoms with E-state index in [1.54, 1.807) is 0 Å². The molecule has 1 saturated heterocycles. The first-order valence-electron chi connectivity index (χ1n) is 1.51. The minimum absolute atomic E-state index is 0. The van der Waals surface area contributed by atoms with Crippen LogP contribution in [-0.4, -0.2) is 12.7 Å². The van der Waals surface area contributed by atoms with Gasteiger partial charge >= 0.3 is 0 Å². The molecular formula is C3H7BrO. The van der Waals surface area contributed by atoms with Crippen LogP contribution in [0.1, 0.15) is 6.92 Å². The summed E-state index contributed by atoms with van der Waals surface area (Å²) >= 11 is 0. The van der Waals surface area contributed by atoms with Gasteiger partial charge in [-0.05, 0) is 6.92 Å². The van der Waals surface area contributed by atoms with Crippen molar-refractivity contribution in [2.24, 2.45) is 0 Å². The lowest BCUT2D eigenvalue weighted by atomic mass is 10.6. The van der Waals surface area contributed by atoms with Gasteiger partial charge in [0.05, 0.1) is 12.7 Å². The minimum Gasteiger partial charge on any atom is -0.373 e. The summed E-state index contributed by atoms with van der Waals surface area (Å²) in [5.74, 6) is 0. The third-order valence-electron chi connectivity index (χ3n) is 0.500. The minimum atomic E-state index is 0. The topological polar surface area (TPSA) is 12.5 Å². The smallest absolute Gasteiger partial charge is 0.0781 e. The molecule has 1 rings (SSSR count). The first kappa shape index (κ1) is 5.44. The van der Waals surface area contributed by atoms with E-state index in [2.05, 4.69) is 6.92 Å². The molecule has 0 amide bonds. The van der Waals surface area contributed by atoms with Crippen molar-refractivity contribution in [3.63, 3.8) is 0 Å². The molecule has 2 heteroatoms. The Kier molecular flexibility index (Phi) is 1.93. The molecule has 1 aliphatic heterocycles. The van der Waals surface area contributed by atoms with E-state index in [1.807, 2.05) is 0 Å². The number of rotatable bonds is 0. The van der Waals surface area contributed by atoms with Gasteiger partial charge in [0.25, 0.3) is 0 Å². The normalized spacial score (nSPS) is 31.8. The van der Waals surface area contributed by atoms with Crippen LogP contribution in [0, 0.1) is 0 Å². The summed E-state index contributed by atoms with van der Waals surface area (Å²) in [7, 11) is 0. The molecule has 0 spiro atoms. The highest BCUT2D eigenvalue weighted by Crippen LogP contribution is 2.04. The van der Waals surface area contributed by atoms with Gasteiger partial charge in [0.1, 0.15) is 0 Å². The molecule has 1 aliphatic rings. The van der Waals surface area contributed by atoms with E-state index < -0.39 is 0 Å². The van der Waals surface area contributed by atoms with Gasteiger partial charge in [-0.25, -0.2) is 0 Å². The second-order valence-corrected chi connectivity index (χ2v) is 1.14. The molecular weight excluding hydrogens is 132 g/mol. The molecule has 32 valence electrons. The van der Waals surface area contributed by atoms with Crippen molar-refractivity contribution in [1.29, 1.82) is 0 Å². The fraction of sp³-hybridized carbons (Fsp3) is 1.00. The van der Waals surface area contributed by atoms with E-state index in [0.29, 0.717) is 6.10 Å². The molecule has 1 heterocycles. The third kappa shape index (κ3) is 2.23. The number of ether oxygens (including phenoxy) is 1. The van der Waals surface area contributed by atoms with Crippen molar-refractivity contribution in [2.75, 3.05) is 6.61 Å². The quantitative estimate of drug-likeness (QED) is 0.455. The maximum absolute atomic E-state index is 4.71. The standard InChI is InChI=1S/C3H6O.BrH/c1-3-2-4-3;/h3H,2H2,1H3;1H. The first-order chi connectivity index (χ1) is 1.89. The van der Waals surface area contributed by atoms with Gasteiger partial charge in [-0.15, -0.1) is 17.0 Å². The molecule has 1 fully saturated rings. The summed E-state index contributed by atoms with van der Waals surface area (Å²) in [5.41, 5.74) is 0. The van der Waals surface area contributed by atoms with E-state index in [-0.39, 0.29) is 17.0 Å². The summed E-state index contributed by atoms with van der Waals surface area (Å²) in [5, 5.41) is 0. The Morgan fingerprint density at radius 1 is 1.80 bits per heavy atom.